The molecule has 0 aliphatic rings. The molecule has 0 aliphatic carbocycles. The predicted octanol–water partition coefficient (Wildman–Crippen LogP) is 5.28. The number of aromatic nitrogens is 2. The number of hydrogen-bond acceptors (Lipinski definition) is 6. The smallest absolute Gasteiger partial charge is 0.255 e. The fraction of sp³-hybridized carbons (Fsp3) is 0.0769. The minimum atomic E-state index is 0. The van der Waals surface area contributed by atoms with Crippen LogP contribution in [0.5, 0.6) is 0 Å². The van der Waals surface area contributed by atoms with E-state index in [1.54, 1.807) is 24.8 Å². The molecule has 166 valence electrons. The van der Waals surface area contributed by atoms with E-state index >= 15 is 0 Å². The van der Waals surface area contributed by atoms with Gasteiger partial charge in [0.15, 0.2) is 0 Å². The van der Waals surface area contributed by atoms with Crippen molar-refractivity contribution in [1.29, 1.82) is 0 Å². The number of rotatable bonds is 6. The van der Waals surface area contributed by atoms with Crippen molar-refractivity contribution in [3.05, 3.63) is 120 Å². The fourth-order valence-electron chi connectivity index (χ4n) is 2.60. The zero-order chi connectivity index (χ0) is 22.4. The zero-order valence-electron chi connectivity index (χ0n) is 18.4. The first-order chi connectivity index (χ1) is 15.7. The van der Waals surface area contributed by atoms with Crippen LogP contribution in [0.3, 0.4) is 0 Å². The first-order valence-corrected chi connectivity index (χ1v) is 10.1. The Hall–Kier alpha value is -3.80. The van der Waals surface area contributed by atoms with Gasteiger partial charge < -0.3 is 0 Å². The molecule has 4 aromatic rings. The van der Waals surface area contributed by atoms with E-state index < -0.39 is 0 Å². The standard InChI is InChI=1S/2C13H12N3.Fe/c2*1-11(12-6-2-3-7-12)16-15-10-13-8-4-5-9-14-13;/h2*2-10H,1H3;/q2*-1;+2. The summed E-state index contributed by atoms with van der Waals surface area (Å²) in [5, 5.41) is 16.2. The molecular formula is C26H24FeN6. The van der Waals surface area contributed by atoms with E-state index in [1.807, 2.05) is 98.8 Å². The normalized spacial score (nSPS) is 11.8. The van der Waals surface area contributed by atoms with Crippen molar-refractivity contribution in [3.63, 3.8) is 0 Å². The molecule has 0 N–H and O–H groups in total. The maximum atomic E-state index is 4.12. The van der Waals surface area contributed by atoms with E-state index in [0.29, 0.717) is 0 Å². The van der Waals surface area contributed by atoms with E-state index in [-0.39, 0.29) is 17.1 Å². The molecule has 2 aromatic heterocycles. The molecule has 7 heteroatoms. The number of pyridine rings is 2. The second-order valence-electron chi connectivity index (χ2n) is 6.72. The van der Waals surface area contributed by atoms with Crippen LogP contribution in [0.2, 0.25) is 0 Å². The van der Waals surface area contributed by atoms with Gasteiger partial charge in [-0.1, -0.05) is 26.0 Å². The molecule has 2 heterocycles. The quantitative estimate of drug-likeness (QED) is 0.164. The summed E-state index contributed by atoms with van der Waals surface area (Å²) in [6.07, 6.45) is 6.75. The third kappa shape index (κ3) is 9.07. The molecule has 0 saturated carbocycles. The topological polar surface area (TPSA) is 75.2 Å². The van der Waals surface area contributed by atoms with Gasteiger partial charge in [-0.15, -0.1) is 23.3 Å². The summed E-state index contributed by atoms with van der Waals surface area (Å²) < 4.78 is 0. The Morgan fingerprint density at radius 3 is 1.45 bits per heavy atom. The second-order valence-corrected chi connectivity index (χ2v) is 6.72. The first kappa shape index (κ1) is 25.5. The average Bonchev–Trinajstić information content (AvgIpc) is 3.56. The third-order valence-corrected chi connectivity index (χ3v) is 4.33. The molecule has 0 spiro atoms. The molecule has 0 bridgehead atoms. The Labute approximate surface area is 204 Å². The maximum absolute atomic E-state index is 4.12. The van der Waals surface area contributed by atoms with Crippen LogP contribution < -0.4 is 0 Å². The van der Waals surface area contributed by atoms with Crippen LogP contribution in [-0.2, 0) is 17.1 Å². The predicted molar refractivity (Wildman–Crippen MR) is 132 cm³/mol. The monoisotopic (exact) mass is 476 g/mol. The van der Waals surface area contributed by atoms with Crippen molar-refractivity contribution in [2.24, 2.45) is 20.4 Å². The summed E-state index contributed by atoms with van der Waals surface area (Å²) in [4.78, 5) is 8.24. The van der Waals surface area contributed by atoms with Gasteiger partial charge in [0.05, 0.1) is 23.8 Å². The summed E-state index contributed by atoms with van der Waals surface area (Å²) in [7, 11) is 0. The van der Waals surface area contributed by atoms with Gasteiger partial charge in [0.2, 0.25) is 0 Å². The Morgan fingerprint density at radius 2 is 1.12 bits per heavy atom. The van der Waals surface area contributed by atoms with Crippen LogP contribution in [0.1, 0.15) is 36.4 Å². The summed E-state index contributed by atoms with van der Waals surface area (Å²) in [6.45, 7) is 3.87. The summed E-state index contributed by atoms with van der Waals surface area (Å²) in [6, 6.07) is 27.3. The van der Waals surface area contributed by atoms with Crippen LogP contribution >= 0.6 is 0 Å². The summed E-state index contributed by atoms with van der Waals surface area (Å²) in [5.41, 5.74) is 5.61. The molecule has 0 fully saturated rings. The van der Waals surface area contributed by atoms with Gasteiger partial charge in [0, 0.05) is 12.4 Å². The second kappa shape index (κ2) is 14.3. The molecule has 0 amide bonds. The SMILES string of the molecule is CC(=NN=Cc1ccccn1)c1ccc[cH-]1.CC(=NN=Cc1ccccn1)c1ccc[cH-]1.[Fe+2]. The van der Waals surface area contributed by atoms with Gasteiger partial charge in [-0.25, -0.2) is 10.2 Å². The maximum Gasteiger partial charge on any atom is 2.00 e. The third-order valence-electron chi connectivity index (χ3n) is 4.33. The molecule has 6 nitrogen and oxygen atoms in total. The van der Waals surface area contributed by atoms with Gasteiger partial charge in [-0.3, -0.25) is 9.97 Å². The zero-order valence-corrected chi connectivity index (χ0v) is 19.5. The minimum absolute atomic E-state index is 0. The van der Waals surface area contributed by atoms with Crippen molar-refractivity contribution in [2.45, 2.75) is 13.8 Å². The van der Waals surface area contributed by atoms with Gasteiger partial charge in [-0.05, 0) is 35.7 Å². The first-order valence-electron chi connectivity index (χ1n) is 10.1. The van der Waals surface area contributed by atoms with Crippen LogP contribution in [0.4, 0.5) is 0 Å². The number of hydrogen-bond donors (Lipinski definition) is 0. The Bertz CT molecular complexity index is 1060. The van der Waals surface area contributed by atoms with E-state index in [2.05, 4.69) is 30.4 Å². The van der Waals surface area contributed by atoms with Crippen molar-refractivity contribution < 1.29 is 17.1 Å². The number of nitrogens with zero attached hydrogens (tertiary/aromatic N) is 6. The molecule has 0 saturated heterocycles. The van der Waals surface area contributed by atoms with E-state index in [4.69, 9.17) is 0 Å². The van der Waals surface area contributed by atoms with Crippen molar-refractivity contribution in [1.82, 2.24) is 9.97 Å². The van der Waals surface area contributed by atoms with Crippen molar-refractivity contribution >= 4 is 23.9 Å². The van der Waals surface area contributed by atoms with Crippen LogP contribution in [0.15, 0.2) is 118 Å². The van der Waals surface area contributed by atoms with Crippen LogP contribution in [0, 0.1) is 0 Å². The Morgan fingerprint density at radius 1 is 0.667 bits per heavy atom. The minimum Gasteiger partial charge on any atom is -0.255 e. The molecule has 0 atom stereocenters. The largest absolute Gasteiger partial charge is 2.00 e. The molecule has 4 rings (SSSR count). The van der Waals surface area contributed by atoms with Crippen LogP contribution in [-0.4, -0.2) is 33.8 Å². The van der Waals surface area contributed by atoms with E-state index in [0.717, 1.165) is 33.9 Å². The fourth-order valence-corrected chi connectivity index (χ4v) is 2.60. The summed E-state index contributed by atoms with van der Waals surface area (Å²) in [5.74, 6) is 0. The van der Waals surface area contributed by atoms with Crippen molar-refractivity contribution in [3.8, 4) is 0 Å². The van der Waals surface area contributed by atoms with Gasteiger partial charge >= 0.3 is 17.1 Å². The van der Waals surface area contributed by atoms with Gasteiger partial charge in [0.25, 0.3) is 0 Å². The van der Waals surface area contributed by atoms with E-state index in [9.17, 15) is 0 Å². The molecule has 0 radical (unpaired) electrons. The molecular weight excluding hydrogens is 452 g/mol. The Balaban J connectivity index is 0.000000227. The molecule has 33 heavy (non-hydrogen) atoms. The van der Waals surface area contributed by atoms with Gasteiger partial charge in [0.1, 0.15) is 0 Å². The van der Waals surface area contributed by atoms with Gasteiger partial charge in [-0.2, -0.15) is 46.6 Å². The molecule has 2 aromatic carbocycles. The van der Waals surface area contributed by atoms with Crippen LogP contribution in [0.25, 0.3) is 0 Å². The molecule has 0 unspecified atom stereocenters. The molecule has 0 aliphatic heterocycles. The van der Waals surface area contributed by atoms with E-state index in [1.165, 1.54) is 0 Å². The summed E-state index contributed by atoms with van der Waals surface area (Å²) >= 11 is 0. The van der Waals surface area contributed by atoms with Crippen molar-refractivity contribution in [2.75, 3.05) is 0 Å². The Kier molecular flexibility index (Phi) is 11.0. The average molecular weight is 476 g/mol.